The van der Waals surface area contributed by atoms with E-state index < -0.39 is 12.0 Å². The summed E-state index contributed by atoms with van der Waals surface area (Å²) in [5.74, 6) is 0.337. The number of phenols is 1. The number of nitrogens with zero attached hydrogens (tertiary/aromatic N) is 6. The van der Waals surface area contributed by atoms with E-state index in [-0.39, 0.29) is 11.5 Å². The zero-order chi connectivity index (χ0) is 25.2. The molecule has 14 heteroatoms. The van der Waals surface area contributed by atoms with Crippen molar-refractivity contribution in [1.29, 1.82) is 0 Å². The molecule has 36 heavy (non-hydrogen) atoms. The molecule has 0 bridgehead atoms. The summed E-state index contributed by atoms with van der Waals surface area (Å²) in [6.45, 7) is 0. The third-order valence-electron chi connectivity index (χ3n) is 5.36. The summed E-state index contributed by atoms with van der Waals surface area (Å²) in [5, 5.41) is 34.8. The number of esters is 1. The van der Waals surface area contributed by atoms with Crippen molar-refractivity contribution in [3.8, 4) is 22.1 Å². The number of aromatic hydroxyl groups is 1. The highest BCUT2D eigenvalue weighted by Gasteiger charge is 2.37. The number of phenolic OH excluding ortho intramolecular Hbond substituents is 1. The lowest BCUT2D eigenvalue weighted by molar-refractivity contribution is -0.136. The average molecular weight is 588 g/mol. The monoisotopic (exact) mass is 587 g/mol. The van der Waals surface area contributed by atoms with Gasteiger partial charge < -0.3 is 19.9 Å². The van der Waals surface area contributed by atoms with Crippen LogP contribution in [-0.4, -0.2) is 61.5 Å². The Morgan fingerprint density at radius 3 is 2.78 bits per heavy atom. The highest BCUT2D eigenvalue weighted by molar-refractivity contribution is 9.10. The molecular formula is C22H18BrN7O4S2. The number of thioether (sulfide) groups is 1. The fraction of sp³-hybridized carbons (Fsp3) is 0.182. The van der Waals surface area contributed by atoms with E-state index >= 15 is 0 Å². The number of fused-ring (bicyclic) bond motifs is 1. The van der Waals surface area contributed by atoms with Gasteiger partial charge in [0.25, 0.3) is 0 Å². The molecule has 0 fully saturated rings. The normalized spacial score (nSPS) is 14.8. The lowest BCUT2D eigenvalue weighted by atomic mass is 9.95. The number of halogens is 1. The van der Waals surface area contributed by atoms with Crippen molar-refractivity contribution in [1.82, 2.24) is 30.4 Å². The molecule has 1 aliphatic heterocycles. The van der Waals surface area contributed by atoms with E-state index in [0.29, 0.717) is 33.0 Å². The van der Waals surface area contributed by atoms with Crippen molar-refractivity contribution in [2.75, 3.05) is 25.3 Å². The molecule has 1 aliphatic rings. The van der Waals surface area contributed by atoms with Crippen LogP contribution in [0, 0.1) is 0 Å². The first-order valence-corrected chi connectivity index (χ1v) is 13.0. The largest absolute Gasteiger partial charge is 0.503 e. The minimum Gasteiger partial charge on any atom is -0.503 e. The van der Waals surface area contributed by atoms with E-state index in [9.17, 15) is 9.90 Å². The molecule has 0 amide bonds. The predicted octanol–water partition coefficient (Wildman–Crippen LogP) is 3.90. The van der Waals surface area contributed by atoms with Gasteiger partial charge in [-0.2, -0.15) is 4.68 Å². The molecule has 11 nitrogen and oxygen atoms in total. The Morgan fingerprint density at radius 1 is 1.22 bits per heavy atom. The van der Waals surface area contributed by atoms with Crippen LogP contribution in [0.25, 0.3) is 10.6 Å². The Labute approximate surface area is 221 Å². The summed E-state index contributed by atoms with van der Waals surface area (Å²) in [4.78, 5) is 13.1. The first-order valence-electron chi connectivity index (χ1n) is 10.4. The second kappa shape index (κ2) is 10.2. The number of nitrogens with one attached hydrogen (secondary N) is 1. The van der Waals surface area contributed by atoms with E-state index in [4.69, 9.17) is 9.47 Å². The van der Waals surface area contributed by atoms with Gasteiger partial charge in [0.05, 0.1) is 24.3 Å². The van der Waals surface area contributed by atoms with Crippen LogP contribution < -0.4 is 10.1 Å². The molecule has 0 aliphatic carbocycles. The summed E-state index contributed by atoms with van der Waals surface area (Å²) in [6, 6.07) is 12.4. The highest BCUT2D eigenvalue weighted by atomic mass is 79.9. The second-order valence-corrected chi connectivity index (χ2v) is 10.5. The van der Waals surface area contributed by atoms with Crippen molar-refractivity contribution < 1.29 is 19.4 Å². The van der Waals surface area contributed by atoms with Crippen molar-refractivity contribution in [3.63, 3.8) is 0 Å². The SMILES string of the molecule is COC(=O)C1=C(CSc2nnc(-c3ccccc3)s2)Nc2nnnn2C1c1cc(Br)c(O)c(OC)c1. The molecule has 1 atom stereocenters. The molecule has 184 valence electrons. The molecule has 4 aromatic rings. The maximum absolute atomic E-state index is 13.1. The number of hydrogen-bond donors (Lipinski definition) is 2. The number of rotatable bonds is 7. The summed E-state index contributed by atoms with van der Waals surface area (Å²) in [7, 11) is 2.76. The molecule has 5 rings (SSSR count). The van der Waals surface area contributed by atoms with Gasteiger partial charge in [0.2, 0.25) is 5.95 Å². The summed E-state index contributed by atoms with van der Waals surface area (Å²) in [6.07, 6.45) is 0. The van der Waals surface area contributed by atoms with E-state index in [2.05, 4.69) is 47.0 Å². The lowest BCUT2D eigenvalue weighted by Crippen LogP contribution is -2.31. The topological polar surface area (TPSA) is 137 Å². The number of methoxy groups -OCH3 is 2. The van der Waals surface area contributed by atoms with Gasteiger partial charge in [-0.1, -0.05) is 58.5 Å². The van der Waals surface area contributed by atoms with Gasteiger partial charge >= 0.3 is 5.97 Å². The number of anilines is 1. The van der Waals surface area contributed by atoms with Crippen molar-refractivity contribution >= 4 is 50.9 Å². The van der Waals surface area contributed by atoms with Gasteiger partial charge in [0.1, 0.15) is 11.0 Å². The van der Waals surface area contributed by atoms with Crippen LogP contribution in [0.1, 0.15) is 11.6 Å². The van der Waals surface area contributed by atoms with Gasteiger partial charge in [-0.05, 0) is 44.1 Å². The number of ether oxygens (including phenoxy) is 2. The second-order valence-electron chi connectivity index (χ2n) is 7.44. The fourth-order valence-corrected chi connectivity index (χ4v) is 6.00. The van der Waals surface area contributed by atoms with Gasteiger partial charge in [0.15, 0.2) is 15.8 Å². The molecule has 1 unspecified atom stereocenters. The number of hydrogen-bond acceptors (Lipinski definition) is 12. The van der Waals surface area contributed by atoms with E-state index in [1.54, 1.807) is 12.1 Å². The fourth-order valence-electron chi connectivity index (χ4n) is 3.71. The third-order valence-corrected chi connectivity index (χ3v) is 8.09. The van der Waals surface area contributed by atoms with Crippen LogP contribution in [0.15, 0.2) is 62.5 Å². The predicted molar refractivity (Wildman–Crippen MR) is 137 cm³/mol. The minimum absolute atomic E-state index is 0.0583. The molecular weight excluding hydrogens is 570 g/mol. The average Bonchev–Trinajstić information content (AvgIpc) is 3.58. The summed E-state index contributed by atoms with van der Waals surface area (Å²) in [5.41, 5.74) is 2.48. The number of aromatic nitrogens is 6. The Balaban J connectivity index is 1.53. The van der Waals surface area contributed by atoms with Crippen LogP contribution in [0.3, 0.4) is 0 Å². The smallest absolute Gasteiger partial charge is 0.338 e. The van der Waals surface area contributed by atoms with Crippen molar-refractivity contribution in [2.45, 2.75) is 10.4 Å². The quantitative estimate of drug-likeness (QED) is 0.240. The van der Waals surface area contributed by atoms with Gasteiger partial charge in [-0.15, -0.1) is 10.2 Å². The van der Waals surface area contributed by atoms with Crippen LogP contribution in [0.2, 0.25) is 0 Å². The minimum atomic E-state index is -0.737. The Bertz CT molecular complexity index is 1460. The number of carbonyl (C=O) groups excluding carboxylic acids is 1. The molecule has 2 aromatic carbocycles. The molecule has 2 N–H and O–H groups in total. The van der Waals surface area contributed by atoms with Crippen LogP contribution in [-0.2, 0) is 9.53 Å². The van der Waals surface area contributed by atoms with Crippen LogP contribution in [0.5, 0.6) is 11.5 Å². The molecule has 0 radical (unpaired) electrons. The molecule has 0 saturated heterocycles. The van der Waals surface area contributed by atoms with Gasteiger partial charge in [-0.25, -0.2) is 4.79 Å². The third kappa shape index (κ3) is 4.54. The zero-order valence-electron chi connectivity index (χ0n) is 18.9. The zero-order valence-corrected chi connectivity index (χ0v) is 22.1. The highest BCUT2D eigenvalue weighted by Crippen LogP contribution is 2.42. The Kier molecular flexibility index (Phi) is 6.89. The summed E-state index contributed by atoms with van der Waals surface area (Å²) < 4.78 is 13.1. The van der Waals surface area contributed by atoms with Gasteiger partial charge in [-0.3, -0.25) is 0 Å². The summed E-state index contributed by atoms with van der Waals surface area (Å²) >= 11 is 6.24. The van der Waals surface area contributed by atoms with Gasteiger partial charge in [0, 0.05) is 17.0 Å². The van der Waals surface area contributed by atoms with Crippen molar-refractivity contribution in [3.05, 3.63) is 63.8 Å². The molecule has 2 aromatic heterocycles. The maximum atomic E-state index is 13.1. The van der Waals surface area contributed by atoms with E-state index in [1.165, 1.54) is 42.0 Å². The number of benzene rings is 2. The Hall–Kier alpha value is -3.49. The van der Waals surface area contributed by atoms with Crippen molar-refractivity contribution in [2.24, 2.45) is 0 Å². The number of tetrazole rings is 1. The van der Waals surface area contributed by atoms with Crippen LogP contribution >= 0.6 is 39.0 Å². The maximum Gasteiger partial charge on any atom is 0.338 e. The van der Waals surface area contributed by atoms with Crippen LogP contribution in [0.4, 0.5) is 5.95 Å². The first kappa shape index (κ1) is 24.2. The lowest BCUT2D eigenvalue weighted by Gasteiger charge is -2.28. The molecule has 0 saturated carbocycles. The van der Waals surface area contributed by atoms with E-state index in [0.717, 1.165) is 14.9 Å². The molecule has 3 heterocycles. The first-order chi connectivity index (χ1) is 17.5. The standard InChI is InChI=1S/C22H18BrN7O4S2/c1-33-15-9-12(8-13(23)18(15)31)17-16(20(32)34-2)14(24-21-26-28-29-30(17)21)10-35-22-27-25-19(36-22)11-6-4-3-5-7-11/h3-9,17,31H,10H2,1-2H3,(H,24,26,29). The van der Waals surface area contributed by atoms with E-state index in [1.807, 2.05) is 30.3 Å². The Morgan fingerprint density at radius 2 is 2.03 bits per heavy atom. The molecule has 0 spiro atoms. The number of carbonyl (C=O) groups is 1.